The average molecular weight is 299 g/mol. The number of hydrogen-bond acceptors (Lipinski definition) is 2. The SMILES string of the molecule is O=C(CCc1ccccc1F)N1CCC(O)c2ccccc21. The molecule has 0 saturated heterocycles. The Morgan fingerprint density at radius 2 is 1.91 bits per heavy atom. The number of benzene rings is 2. The van der Waals surface area contributed by atoms with Gasteiger partial charge in [-0.05, 0) is 30.5 Å². The lowest BCUT2D eigenvalue weighted by Gasteiger charge is -2.32. The maximum atomic E-state index is 13.6. The summed E-state index contributed by atoms with van der Waals surface area (Å²) >= 11 is 0. The van der Waals surface area contributed by atoms with E-state index >= 15 is 0 Å². The topological polar surface area (TPSA) is 40.5 Å². The largest absolute Gasteiger partial charge is 0.388 e. The number of carbonyl (C=O) groups excluding carboxylic acids is 1. The van der Waals surface area contributed by atoms with E-state index in [1.54, 1.807) is 23.1 Å². The fourth-order valence-corrected chi connectivity index (χ4v) is 2.88. The molecule has 0 aliphatic carbocycles. The number of aliphatic hydroxyl groups excluding tert-OH is 1. The highest BCUT2D eigenvalue weighted by Gasteiger charge is 2.26. The van der Waals surface area contributed by atoms with Crippen LogP contribution in [0.25, 0.3) is 0 Å². The molecule has 4 heteroatoms. The number of aryl methyl sites for hydroxylation is 1. The van der Waals surface area contributed by atoms with Crippen molar-refractivity contribution >= 4 is 11.6 Å². The first kappa shape index (κ1) is 14.7. The Balaban J connectivity index is 1.74. The Labute approximate surface area is 129 Å². The summed E-state index contributed by atoms with van der Waals surface area (Å²) in [6, 6.07) is 13.9. The molecule has 0 bridgehead atoms. The Morgan fingerprint density at radius 3 is 2.73 bits per heavy atom. The van der Waals surface area contributed by atoms with Crippen LogP contribution in [0.2, 0.25) is 0 Å². The number of hydrogen-bond donors (Lipinski definition) is 1. The van der Waals surface area contributed by atoms with Crippen molar-refractivity contribution in [2.24, 2.45) is 0 Å². The molecule has 1 N–H and O–H groups in total. The molecule has 1 amide bonds. The van der Waals surface area contributed by atoms with E-state index in [4.69, 9.17) is 0 Å². The van der Waals surface area contributed by atoms with Crippen LogP contribution in [-0.4, -0.2) is 17.6 Å². The maximum Gasteiger partial charge on any atom is 0.227 e. The molecule has 1 unspecified atom stereocenters. The van der Waals surface area contributed by atoms with Gasteiger partial charge in [-0.1, -0.05) is 36.4 Å². The zero-order chi connectivity index (χ0) is 15.5. The van der Waals surface area contributed by atoms with Gasteiger partial charge in [-0.25, -0.2) is 4.39 Å². The highest BCUT2D eigenvalue weighted by molar-refractivity contribution is 5.94. The van der Waals surface area contributed by atoms with Crippen molar-refractivity contribution in [3.63, 3.8) is 0 Å². The average Bonchev–Trinajstić information content (AvgIpc) is 2.54. The molecule has 114 valence electrons. The number of para-hydroxylation sites is 1. The van der Waals surface area contributed by atoms with Crippen LogP contribution in [0.15, 0.2) is 48.5 Å². The molecule has 0 fully saturated rings. The van der Waals surface area contributed by atoms with E-state index in [-0.39, 0.29) is 18.1 Å². The summed E-state index contributed by atoms with van der Waals surface area (Å²) in [5.74, 6) is -0.313. The molecular formula is C18H18FNO2. The van der Waals surface area contributed by atoms with Crippen molar-refractivity contribution in [3.05, 3.63) is 65.5 Å². The van der Waals surface area contributed by atoms with E-state index in [2.05, 4.69) is 0 Å². The number of anilines is 1. The Kier molecular flexibility index (Phi) is 4.20. The number of rotatable bonds is 3. The van der Waals surface area contributed by atoms with Gasteiger partial charge in [0.25, 0.3) is 0 Å². The third-order valence-electron chi connectivity index (χ3n) is 4.08. The first-order valence-corrected chi connectivity index (χ1v) is 7.47. The van der Waals surface area contributed by atoms with Gasteiger partial charge in [0, 0.05) is 24.2 Å². The van der Waals surface area contributed by atoms with Crippen molar-refractivity contribution in [1.82, 2.24) is 0 Å². The van der Waals surface area contributed by atoms with Crippen molar-refractivity contribution in [3.8, 4) is 0 Å². The lowest BCUT2D eigenvalue weighted by molar-refractivity contribution is -0.118. The minimum absolute atomic E-state index is 0.0393. The molecule has 22 heavy (non-hydrogen) atoms. The normalized spacial score (nSPS) is 17.2. The van der Waals surface area contributed by atoms with Crippen LogP contribution in [0.3, 0.4) is 0 Å². The van der Waals surface area contributed by atoms with E-state index in [1.807, 2.05) is 24.3 Å². The summed E-state index contributed by atoms with van der Waals surface area (Å²) in [4.78, 5) is 14.2. The number of aliphatic hydroxyl groups is 1. The number of carbonyl (C=O) groups is 1. The van der Waals surface area contributed by atoms with Gasteiger partial charge in [-0.15, -0.1) is 0 Å². The van der Waals surface area contributed by atoms with Gasteiger partial charge in [-0.2, -0.15) is 0 Å². The number of amides is 1. The van der Waals surface area contributed by atoms with Crippen LogP contribution < -0.4 is 4.90 Å². The summed E-state index contributed by atoms with van der Waals surface area (Å²) < 4.78 is 13.6. The van der Waals surface area contributed by atoms with Gasteiger partial charge >= 0.3 is 0 Å². The predicted molar refractivity (Wildman–Crippen MR) is 83.1 cm³/mol. The predicted octanol–water partition coefficient (Wildman–Crippen LogP) is 3.23. The second-order valence-electron chi connectivity index (χ2n) is 5.50. The van der Waals surface area contributed by atoms with Crippen LogP contribution >= 0.6 is 0 Å². The molecule has 0 spiro atoms. The standard InChI is InChI=1S/C18H18FNO2/c19-15-7-3-1-5-13(15)9-10-18(22)20-12-11-17(21)14-6-2-4-8-16(14)20/h1-8,17,21H,9-12H2. The molecule has 3 rings (SSSR count). The minimum Gasteiger partial charge on any atom is -0.388 e. The number of fused-ring (bicyclic) bond motifs is 1. The van der Waals surface area contributed by atoms with E-state index in [9.17, 15) is 14.3 Å². The van der Waals surface area contributed by atoms with Gasteiger partial charge in [-0.3, -0.25) is 4.79 Å². The quantitative estimate of drug-likeness (QED) is 0.945. The van der Waals surface area contributed by atoms with Crippen LogP contribution in [0.4, 0.5) is 10.1 Å². The van der Waals surface area contributed by atoms with E-state index in [0.717, 1.165) is 11.3 Å². The molecule has 1 heterocycles. The smallest absolute Gasteiger partial charge is 0.227 e. The van der Waals surface area contributed by atoms with Crippen molar-refractivity contribution in [1.29, 1.82) is 0 Å². The molecular weight excluding hydrogens is 281 g/mol. The molecule has 0 aromatic heterocycles. The van der Waals surface area contributed by atoms with E-state index in [0.29, 0.717) is 24.9 Å². The second-order valence-corrected chi connectivity index (χ2v) is 5.50. The van der Waals surface area contributed by atoms with Crippen LogP contribution in [0.1, 0.15) is 30.1 Å². The fraction of sp³-hybridized carbons (Fsp3) is 0.278. The maximum absolute atomic E-state index is 13.6. The van der Waals surface area contributed by atoms with Gasteiger partial charge in [0.05, 0.1) is 6.10 Å². The lowest BCUT2D eigenvalue weighted by atomic mass is 9.98. The first-order valence-electron chi connectivity index (χ1n) is 7.47. The summed E-state index contributed by atoms with van der Waals surface area (Å²) in [6.07, 6.45) is 0.646. The molecule has 0 radical (unpaired) electrons. The summed E-state index contributed by atoms with van der Waals surface area (Å²) in [6.45, 7) is 0.494. The van der Waals surface area contributed by atoms with Crippen LogP contribution in [-0.2, 0) is 11.2 Å². The van der Waals surface area contributed by atoms with Crippen LogP contribution in [0.5, 0.6) is 0 Å². The summed E-state index contributed by atoms with van der Waals surface area (Å²) in [5.41, 5.74) is 2.11. The van der Waals surface area contributed by atoms with Gasteiger partial charge in [0.1, 0.15) is 5.82 Å². The number of halogens is 1. The monoisotopic (exact) mass is 299 g/mol. The zero-order valence-electron chi connectivity index (χ0n) is 12.2. The van der Waals surface area contributed by atoms with Gasteiger partial charge in [0.2, 0.25) is 5.91 Å². The minimum atomic E-state index is -0.521. The highest BCUT2D eigenvalue weighted by atomic mass is 19.1. The molecule has 1 atom stereocenters. The first-order chi connectivity index (χ1) is 10.7. The molecule has 2 aromatic carbocycles. The van der Waals surface area contributed by atoms with Gasteiger partial charge in [0.15, 0.2) is 0 Å². The molecule has 1 aliphatic rings. The molecule has 0 saturated carbocycles. The van der Waals surface area contributed by atoms with Crippen molar-refractivity contribution < 1.29 is 14.3 Å². The number of nitrogens with zero attached hydrogens (tertiary/aromatic N) is 1. The Hall–Kier alpha value is -2.20. The lowest BCUT2D eigenvalue weighted by Crippen LogP contribution is -2.36. The zero-order valence-corrected chi connectivity index (χ0v) is 12.2. The molecule has 2 aromatic rings. The second kappa shape index (κ2) is 6.28. The van der Waals surface area contributed by atoms with Crippen LogP contribution in [0, 0.1) is 5.82 Å². The van der Waals surface area contributed by atoms with Crippen molar-refractivity contribution in [2.45, 2.75) is 25.4 Å². The summed E-state index contributed by atoms with van der Waals surface area (Å²) in [5, 5.41) is 10.0. The molecule has 3 nitrogen and oxygen atoms in total. The molecule has 1 aliphatic heterocycles. The fourth-order valence-electron chi connectivity index (χ4n) is 2.88. The highest BCUT2D eigenvalue weighted by Crippen LogP contribution is 2.33. The summed E-state index contributed by atoms with van der Waals surface area (Å²) in [7, 11) is 0. The van der Waals surface area contributed by atoms with Gasteiger partial charge < -0.3 is 10.0 Å². The Morgan fingerprint density at radius 1 is 1.18 bits per heavy atom. The van der Waals surface area contributed by atoms with E-state index in [1.165, 1.54) is 6.07 Å². The third kappa shape index (κ3) is 2.88. The van der Waals surface area contributed by atoms with E-state index < -0.39 is 6.10 Å². The van der Waals surface area contributed by atoms with Crippen molar-refractivity contribution in [2.75, 3.05) is 11.4 Å². The Bertz CT molecular complexity index is 686. The third-order valence-corrected chi connectivity index (χ3v) is 4.08.